The summed E-state index contributed by atoms with van der Waals surface area (Å²) in [7, 11) is 0. The van der Waals surface area contributed by atoms with Crippen LogP contribution >= 0.6 is 0 Å². The van der Waals surface area contributed by atoms with Crippen LogP contribution in [-0.4, -0.2) is 159 Å². The maximum absolute atomic E-state index is 13.3. The molecule has 0 aromatic heterocycles. The first kappa shape index (κ1) is 64.0. The van der Waals surface area contributed by atoms with Gasteiger partial charge in [-0.2, -0.15) is 0 Å². The lowest BCUT2D eigenvalue weighted by Gasteiger charge is -2.32. The maximum Gasteiger partial charge on any atom is 0.245 e. The average Bonchev–Trinajstić information content (AvgIpc) is 3.29. The summed E-state index contributed by atoms with van der Waals surface area (Å²) in [5.74, 6) is -2.82. The second-order valence-corrected chi connectivity index (χ2v) is 18.4. The number of rotatable bonds is 42. The number of oxime groups is 2. The molecule has 0 saturated carbocycles. The number of carbonyl (C=O) groups is 7. The lowest BCUT2D eigenvalue weighted by molar-refractivity contribution is -0.129. The SMILES string of the molecule is C/C(=N\O)C(C)(C)NCC(CNC(C)(C)/C(C)=N/O)NC(=O)CCCC(=O)N[C@@H](CCCCNC(=O)COCCOCCOCC(=O)NCCCC[C@H](C)C(N)=O)C(=O)NCCCC[C@H](C)C(N)=O. The zero-order chi connectivity index (χ0) is 52.3. The highest BCUT2D eigenvalue weighted by Gasteiger charge is 2.27. The quantitative estimate of drug-likeness (QED) is 0.0174. The molecule has 0 bridgehead atoms. The Bertz CT molecular complexity index is 1580. The highest BCUT2D eigenvalue weighted by molar-refractivity contribution is 5.91. The Morgan fingerprint density at radius 2 is 0.928 bits per heavy atom. The van der Waals surface area contributed by atoms with Gasteiger partial charge in [-0.1, -0.05) is 37.0 Å². The van der Waals surface area contributed by atoms with Crippen molar-refractivity contribution in [3.05, 3.63) is 0 Å². The van der Waals surface area contributed by atoms with Crippen LogP contribution in [0.15, 0.2) is 10.3 Å². The van der Waals surface area contributed by atoms with Crippen LogP contribution in [0.1, 0.15) is 132 Å². The van der Waals surface area contributed by atoms with Crippen LogP contribution in [-0.2, 0) is 47.8 Å². The fourth-order valence-electron chi connectivity index (χ4n) is 6.15. The number of primary amides is 2. The van der Waals surface area contributed by atoms with Crippen molar-refractivity contribution in [3.8, 4) is 0 Å². The van der Waals surface area contributed by atoms with Crippen molar-refractivity contribution in [3.63, 3.8) is 0 Å². The third-order valence-corrected chi connectivity index (χ3v) is 11.7. The Kier molecular flexibility index (Phi) is 34.3. The van der Waals surface area contributed by atoms with E-state index in [0.29, 0.717) is 89.1 Å². The van der Waals surface area contributed by atoms with Crippen molar-refractivity contribution in [1.29, 1.82) is 0 Å². The van der Waals surface area contributed by atoms with E-state index in [-0.39, 0.29) is 106 Å². The summed E-state index contributed by atoms with van der Waals surface area (Å²) in [6.45, 7) is 16.5. The van der Waals surface area contributed by atoms with E-state index in [4.69, 9.17) is 25.7 Å². The molecule has 23 nitrogen and oxygen atoms in total. The van der Waals surface area contributed by atoms with Crippen LogP contribution in [0.3, 0.4) is 0 Å². The molecule has 0 rings (SSSR count). The van der Waals surface area contributed by atoms with E-state index in [1.54, 1.807) is 27.7 Å². The summed E-state index contributed by atoms with van der Waals surface area (Å²) in [5.41, 5.74) is 10.1. The smallest absolute Gasteiger partial charge is 0.245 e. The molecule has 0 aromatic carbocycles. The van der Waals surface area contributed by atoms with Gasteiger partial charge in [0.2, 0.25) is 41.4 Å². The second-order valence-electron chi connectivity index (χ2n) is 18.4. The summed E-state index contributed by atoms with van der Waals surface area (Å²) in [6.07, 6.45) is 5.61. The zero-order valence-corrected chi connectivity index (χ0v) is 42.6. The minimum Gasteiger partial charge on any atom is -0.411 e. The van der Waals surface area contributed by atoms with E-state index in [1.807, 2.05) is 27.7 Å². The summed E-state index contributed by atoms with van der Waals surface area (Å²) >= 11 is 0. The molecule has 3 atom stereocenters. The fraction of sp³-hybridized carbons (Fsp3) is 0.804. The van der Waals surface area contributed by atoms with Gasteiger partial charge < -0.3 is 73.3 Å². The van der Waals surface area contributed by atoms with Crippen LogP contribution in [0.25, 0.3) is 0 Å². The zero-order valence-electron chi connectivity index (χ0n) is 42.6. The topological polar surface area (TPSA) is 349 Å². The average molecular weight is 986 g/mol. The molecule has 7 amide bonds. The number of hydrogen-bond acceptors (Lipinski definition) is 16. The van der Waals surface area contributed by atoms with Gasteiger partial charge in [-0.15, -0.1) is 0 Å². The third kappa shape index (κ3) is 32.5. The van der Waals surface area contributed by atoms with Crippen molar-refractivity contribution < 1.29 is 58.2 Å². The molecule has 0 aromatic rings. The molecule has 0 aliphatic heterocycles. The van der Waals surface area contributed by atoms with Gasteiger partial charge in [-0.3, -0.25) is 33.6 Å². The molecule has 0 aliphatic carbocycles. The standard InChI is InChI=1S/C46H87N11O12/c1-32(42(47)62)16-9-12-21-49-40(60)30-68-26-24-67-25-27-69-31-41(61)50-22-14-11-18-37(44(64)51-23-13-10-17-33(2)43(48)63)55-39(59)20-15-19-38(58)54-36(28-52-45(5,6)34(3)56-65)29-53-46(7,8)35(4)57-66/h32-33,36-37,52-53,65-66H,9-31H2,1-8H3,(H2,47,62)(H2,48,63)(H,49,60)(H,50,61)(H,51,64)(H,54,58)(H,55,59)/b56-34+,57-35+/t32-,33-,37-/m0/s1. The lowest BCUT2D eigenvalue weighted by Crippen LogP contribution is -2.57. The van der Waals surface area contributed by atoms with Crippen molar-refractivity contribution in [2.75, 3.05) is 72.4 Å². The Morgan fingerprint density at radius 3 is 1.35 bits per heavy atom. The molecule has 0 fully saturated rings. The molecular formula is C46H87N11O12. The summed E-state index contributed by atoms with van der Waals surface area (Å²) < 4.78 is 16.1. The van der Waals surface area contributed by atoms with Crippen molar-refractivity contribution in [1.82, 2.24) is 37.2 Å². The van der Waals surface area contributed by atoms with Crippen molar-refractivity contribution >= 4 is 52.8 Å². The summed E-state index contributed by atoms with van der Waals surface area (Å²) in [4.78, 5) is 86.1. The molecule has 0 saturated heterocycles. The molecule has 0 heterocycles. The van der Waals surface area contributed by atoms with Gasteiger partial charge in [0.1, 0.15) is 19.3 Å². The van der Waals surface area contributed by atoms with E-state index in [2.05, 4.69) is 47.5 Å². The molecule has 23 heteroatoms. The summed E-state index contributed by atoms with van der Waals surface area (Å²) in [5, 5.41) is 46.0. The number of nitrogens with one attached hydrogen (secondary N) is 7. The molecule has 0 spiro atoms. The first-order chi connectivity index (χ1) is 32.6. The third-order valence-electron chi connectivity index (χ3n) is 11.7. The number of unbranched alkanes of at least 4 members (excludes halogenated alkanes) is 3. The van der Waals surface area contributed by atoms with Gasteiger partial charge in [0.15, 0.2) is 0 Å². The number of ether oxygens (including phenoxy) is 3. The molecule has 69 heavy (non-hydrogen) atoms. The predicted octanol–water partition coefficient (Wildman–Crippen LogP) is 0.715. The van der Waals surface area contributed by atoms with Crippen LogP contribution in [0.2, 0.25) is 0 Å². The first-order valence-electron chi connectivity index (χ1n) is 24.2. The van der Waals surface area contributed by atoms with Gasteiger partial charge in [0.25, 0.3) is 0 Å². The molecule has 0 unspecified atom stereocenters. The molecule has 398 valence electrons. The van der Waals surface area contributed by atoms with Gasteiger partial charge in [0, 0.05) is 57.4 Å². The van der Waals surface area contributed by atoms with Crippen molar-refractivity contribution in [2.45, 2.75) is 156 Å². The Balaban J connectivity index is 4.88. The van der Waals surface area contributed by atoms with Gasteiger partial charge in [-0.05, 0) is 92.9 Å². The van der Waals surface area contributed by atoms with Crippen LogP contribution in [0.4, 0.5) is 0 Å². The second kappa shape index (κ2) is 36.9. The number of carbonyl (C=O) groups excluding carboxylic acids is 7. The van der Waals surface area contributed by atoms with Crippen molar-refractivity contribution in [2.24, 2.45) is 33.6 Å². The van der Waals surface area contributed by atoms with Gasteiger partial charge in [-0.25, -0.2) is 0 Å². The number of amides is 7. The highest BCUT2D eigenvalue weighted by Crippen LogP contribution is 2.10. The highest BCUT2D eigenvalue weighted by atomic mass is 16.5. The number of nitrogens with zero attached hydrogens (tertiary/aromatic N) is 2. The van der Waals surface area contributed by atoms with E-state index in [9.17, 15) is 44.0 Å². The monoisotopic (exact) mass is 986 g/mol. The number of hydrogen-bond donors (Lipinski definition) is 11. The van der Waals surface area contributed by atoms with Crippen LogP contribution < -0.4 is 48.7 Å². The first-order valence-corrected chi connectivity index (χ1v) is 24.2. The van der Waals surface area contributed by atoms with Gasteiger partial charge >= 0.3 is 0 Å². The van der Waals surface area contributed by atoms with E-state index < -0.39 is 29.1 Å². The largest absolute Gasteiger partial charge is 0.411 e. The number of nitrogens with two attached hydrogens (primary N) is 2. The van der Waals surface area contributed by atoms with Gasteiger partial charge in [0.05, 0.1) is 55.0 Å². The summed E-state index contributed by atoms with van der Waals surface area (Å²) in [6, 6.07) is -1.30. The Labute approximate surface area is 408 Å². The van der Waals surface area contributed by atoms with Crippen LogP contribution in [0, 0.1) is 11.8 Å². The van der Waals surface area contributed by atoms with Crippen LogP contribution in [0.5, 0.6) is 0 Å². The van der Waals surface area contributed by atoms with E-state index >= 15 is 0 Å². The molecule has 13 N–H and O–H groups in total. The Morgan fingerprint density at radius 1 is 0.536 bits per heavy atom. The van der Waals surface area contributed by atoms with E-state index in [1.165, 1.54) is 0 Å². The molecular weight excluding hydrogens is 899 g/mol. The normalized spacial score (nSPS) is 14.0. The minimum absolute atomic E-state index is 0.0155. The minimum atomic E-state index is -0.858. The van der Waals surface area contributed by atoms with E-state index in [0.717, 1.165) is 12.8 Å². The Hall–Kier alpha value is -4.97. The molecule has 0 aliphatic rings. The fourth-order valence-corrected chi connectivity index (χ4v) is 6.15. The lowest BCUT2D eigenvalue weighted by atomic mass is 9.98. The molecule has 0 radical (unpaired) electrons. The maximum atomic E-state index is 13.3. The predicted molar refractivity (Wildman–Crippen MR) is 261 cm³/mol.